The maximum atomic E-state index is 9.10. The molecular weight excluding hydrogens is 194 g/mol. The van der Waals surface area contributed by atoms with E-state index in [0.717, 1.165) is 56.8 Å². The summed E-state index contributed by atoms with van der Waals surface area (Å²) in [5.41, 5.74) is 0. The largest absolute Gasteiger partial charge is 0.391 e. The van der Waals surface area contributed by atoms with E-state index in [1.807, 2.05) is 0 Å². The van der Waals surface area contributed by atoms with Gasteiger partial charge in [0.15, 0.2) is 0 Å². The summed E-state index contributed by atoms with van der Waals surface area (Å²) in [5.74, 6) is 0. The van der Waals surface area contributed by atoms with Gasteiger partial charge in [-0.3, -0.25) is 0 Å². The molecule has 0 aromatic heterocycles. The first-order valence-electron chi connectivity index (χ1n) is 5.81. The van der Waals surface area contributed by atoms with Crippen LogP contribution in [-0.4, -0.2) is 80.3 Å². The number of nitrogens with zero attached hydrogens (tertiary/aromatic N) is 1. The van der Waals surface area contributed by atoms with Crippen LogP contribution in [0.2, 0.25) is 0 Å². The van der Waals surface area contributed by atoms with Crippen molar-refractivity contribution in [2.24, 2.45) is 0 Å². The third-order valence-corrected chi connectivity index (χ3v) is 3.15. The molecule has 0 amide bonds. The predicted octanol–water partition coefficient (Wildman–Crippen LogP) is -2.02. The Balaban J connectivity index is 2.53. The molecule has 15 heavy (non-hydrogen) atoms. The lowest BCUT2D eigenvalue weighted by Crippen LogP contribution is -2.56. The van der Waals surface area contributed by atoms with Crippen LogP contribution in [0.25, 0.3) is 0 Å². The van der Waals surface area contributed by atoms with Crippen LogP contribution in [0, 0.1) is 0 Å². The van der Waals surface area contributed by atoms with Crippen molar-refractivity contribution in [2.75, 3.05) is 65.6 Å². The van der Waals surface area contributed by atoms with E-state index in [4.69, 9.17) is 10.2 Å². The molecule has 1 aliphatic rings. The molecule has 4 N–H and O–H groups in total. The summed E-state index contributed by atoms with van der Waals surface area (Å²) in [6.07, 6.45) is 0. The molecule has 1 saturated heterocycles. The molecular formula is C10H24N3O2+. The van der Waals surface area contributed by atoms with Gasteiger partial charge >= 0.3 is 0 Å². The fourth-order valence-corrected chi connectivity index (χ4v) is 2.15. The molecule has 1 aliphatic heterocycles. The number of quaternary nitrogens is 1. The van der Waals surface area contributed by atoms with Crippen molar-refractivity contribution in [3.05, 3.63) is 0 Å². The van der Waals surface area contributed by atoms with Crippen molar-refractivity contribution in [2.45, 2.75) is 0 Å². The molecule has 0 atom stereocenters. The van der Waals surface area contributed by atoms with Gasteiger partial charge in [0, 0.05) is 26.2 Å². The van der Waals surface area contributed by atoms with E-state index >= 15 is 0 Å². The lowest BCUT2D eigenvalue weighted by molar-refractivity contribution is -0.926. The van der Waals surface area contributed by atoms with Crippen molar-refractivity contribution in [1.82, 2.24) is 10.6 Å². The molecule has 0 spiro atoms. The number of nitrogens with one attached hydrogen (secondary N) is 2. The van der Waals surface area contributed by atoms with Gasteiger partial charge in [0.05, 0.1) is 26.3 Å². The van der Waals surface area contributed by atoms with Crippen LogP contribution in [0.3, 0.4) is 0 Å². The monoisotopic (exact) mass is 218 g/mol. The van der Waals surface area contributed by atoms with Crippen LogP contribution in [0.5, 0.6) is 0 Å². The van der Waals surface area contributed by atoms with Crippen molar-refractivity contribution >= 4 is 0 Å². The van der Waals surface area contributed by atoms with Gasteiger partial charge in [0.2, 0.25) is 0 Å². The Morgan fingerprint density at radius 2 is 1.27 bits per heavy atom. The zero-order valence-corrected chi connectivity index (χ0v) is 9.41. The first-order chi connectivity index (χ1) is 7.33. The third kappa shape index (κ3) is 4.44. The van der Waals surface area contributed by atoms with Gasteiger partial charge in [-0.15, -0.1) is 0 Å². The molecule has 90 valence electrons. The van der Waals surface area contributed by atoms with Gasteiger partial charge in [-0.05, 0) is 0 Å². The highest BCUT2D eigenvalue weighted by molar-refractivity contribution is 4.58. The normalized spacial score (nSPS) is 22.8. The van der Waals surface area contributed by atoms with Crippen molar-refractivity contribution in [3.8, 4) is 0 Å². The SMILES string of the molecule is OCC[N+]1(CCO)CCNCCNCC1. The fourth-order valence-electron chi connectivity index (χ4n) is 2.15. The van der Waals surface area contributed by atoms with Gasteiger partial charge in [0.1, 0.15) is 13.1 Å². The average Bonchev–Trinajstić information content (AvgIpc) is 2.32. The van der Waals surface area contributed by atoms with E-state index in [2.05, 4.69) is 10.6 Å². The zero-order chi connectivity index (χ0) is 11.0. The summed E-state index contributed by atoms with van der Waals surface area (Å²) < 4.78 is 0.812. The van der Waals surface area contributed by atoms with E-state index in [0.29, 0.717) is 0 Å². The van der Waals surface area contributed by atoms with Crippen LogP contribution in [0.1, 0.15) is 0 Å². The highest BCUT2D eigenvalue weighted by atomic mass is 16.3. The second-order valence-electron chi connectivity index (χ2n) is 4.18. The second kappa shape index (κ2) is 7.14. The molecule has 5 heteroatoms. The van der Waals surface area contributed by atoms with Crippen LogP contribution in [0.15, 0.2) is 0 Å². The van der Waals surface area contributed by atoms with Gasteiger partial charge in [-0.25, -0.2) is 0 Å². The quantitative estimate of drug-likeness (QED) is 0.411. The Morgan fingerprint density at radius 1 is 0.800 bits per heavy atom. The summed E-state index contributed by atoms with van der Waals surface area (Å²) in [6.45, 7) is 7.76. The molecule has 1 rings (SSSR count). The smallest absolute Gasteiger partial charge is 0.102 e. The molecule has 1 heterocycles. The zero-order valence-electron chi connectivity index (χ0n) is 9.41. The van der Waals surface area contributed by atoms with Gasteiger partial charge < -0.3 is 25.3 Å². The maximum absolute atomic E-state index is 9.10. The first kappa shape index (κ1) is 12.9. The Hall–Kier alpha value is -0.200. The molecule has 0 radical (unpaired) electrons. The van der Waals surface area contributed by atoms with Gasteiger partial charge in [-0.2, -0.15) is 0 Å². The Bertz CT molecular complexity index is 149. The van der Waals surface area contributed by atoms with Crippen molar-refractivity contribution in [1.29, 1.82) is 0 Å². The van der Waals surface area contributed by atoms with Gasteiger partial charge in [-0.1, -0.05) is 0 Å². The van der Waals surface area contributed by atoms with Gasteiger partial charge in [0.25, 0.3) is 0 Å². The molecule has 0 aromatic rings. The number of hydrogen-bond acceptors (Lipinski definition) is 4. The summed E-state index contributed by atoms with van der Waals surface area (Å²) in [5, 5.41) is 24.9. The third-order valence-electron chi connectivity index (χ3n) is 3.15. The molecule has 5 nitrogen and oxygen atoms in total. The number of aliphatic hydroxyl groups excluding tert-OH is 2. The van der Waals surface area contributed by atoms with Crippen molar-refractivity contribution in [3.63, 3.8) is 0 Å². The van der Waals surface area contributed by atoms with E-state index < -0.39 is 0 Å². The highest BCUT2D eigenvalue weighted by Gasteiger charge is 2.25. The number of rotatable bonds is 4. The minimum Gasteiger partial charge on any atom is -0.391 e. The molecule has 1 fully saturated rings. The van der Waals surface area contributed by atoms with E-state index in [-0.39, 0.29) is 13.2 Å². The van der Waals surface area contributed by atoms with Crippen LogP contribution in [0.4, 0.5) is 0 Å². The van der Waals surface area contributed by atoms with E-state index in [1.165, 1.54) is 0 Å². The number of aliphatic hydroxyl groups is 2. The maximum Gasteiger partial charge on any atom is 0.102 e. The summed E-state index contributed by atoms with van der Waals surface area (Å²) in [7, 11) is 0. The van der Waals surface area contributed by atoms with E-state index in [1.54, 1.807) is 0 Å². The second-order valence-corrected chi connectivity index (χ2v) is 4.18. The summed E-state index contributed by atoms with van der Waals surface area (Å²) in [6, 6.07) is 0. The molecule has 0 saturated carbocycles. The average molecular weight is 218 g/mol. The highest BCUT2D eigenvalue weighted by Crippen LogP contribution is 2.05. The Kier molecular flexibility index (Phi) is 6.12. The lowest BCUT2D eigenvalue weighted by Gasteiger charge is -2.37. The van der Waals surface area contributed by atoms with Crippen LogP contribution in [-0.2, 0) is 0 Å². The topological polar surface area (TPSA) is 64.5 Å². The molecule has 0 aromatic carbocycles. The lowest BCUT2D eigenvalue weighted by atomic mass is 10.3. The van der Waals surface area contributed by atoms with E-state index in [9.17, 15) is 0 Å². The van der Waals surface area contributed by atoms with Crippen LogP contribution < -0.4 is 10.6 Å². The molecule has 0 unspecified atom stereocenters. The summed E-state index contributed by atoms with van der Waals surface area (Å²) in [4.78, 5) is 0. The number of hydrogen-bond donors (Lipinski definition) is 4. The molecule has 0 aliphatic carbocycles. The first-order valence-corrected chi connectivity index (χ1v) is 5.81. The minimum atomic E-state index is 0.194. The minimum absolute atomic E-state index is 0.194. The predicted molar refractivity (Wildman–Crippen MR) is 59.6 cm³/mol. The summed E-state index contributed by atoms with van der Waals surface area (Å²) >= 11 is 0. The van der Waals surface area contributed by atoms with Crippen molar-refractivity contribution < 1.29 is 14.7 Å². The fraction of sp³-hybridized carbons (Fsp3) is 1.00. The standard InChI is InChI=1S/C10H24N3O2/c14-9-7-13(8-10-15)5-3-11-1-2-12-4-6-13/h11-12,14-15H,1-10H2/q+1. The van der Waals surface area contributed by atoms with Crippen LogP contribution >= 0.6 is 0 Å². The Labute approximate surface area is 91.7 Å². The Morgan fingerprint density at radius 3 is 1.67 bits per heavy atom. The molecule has 0 bridgehead atoms.